The molecule has 0 aromatic heterocycles. The van der Waals surface area contributed by atoms with Crippen LogP contribution in [0.4, 0.5) is 11.4 Å². The zero-order valence-electron chi connectivity index (χ0n) is 16.7. The number of amides is 2. The van der Waals surface area contributed by atoms with Crippen LogP contribution in [0.3, 0.4) is 0 Å². The predicted octanol–water partition coefficient (Wildman–Crippen LogP) is 2.07. The molecule has 2 aromatic carbocycles. The lowest BCUT2D eigenvalue weighted by atomic mass is 10.1. The number of hydrogen-bond acceptors (Lipinski definition) is 3. The molecule has 6 nitrogen and oxygen atoms in total. The van der Waals surface area contributed by atoms with Gasteiger partial charge in [-0.05, 0) is 56.2 Å². The van der Waals surface area contributed by atoms with Gasteiger partial charge >= 0.3 is 0 Å². The number of anilines is 2. The molecule has 0 aliphatic carbocycles. The number of para-hydroxylation sites is 1. The number of quaternary nitrogens is 1. The van der Waals surface area contributed by atoms with E-state index in [0.717, 1.165) is 29.1 Å². The molecule has 0 spiro atoms. The SMILES string of the molecule is CCC[NH+](CC(=O)Nc1ccc(C(C)=O)cc1)CC(=O)Nc1ccccc1C. The minimum atomic E-state index is -0.164. The van der Waals surface area contributed by atoms with Crippen LogP contribution in [0.1, 0.15) is 36.2 Å². The zero-order valence-corrected chi connectivity index (χ0v) is 16.7. The molecule has 6 heteroatoms. The molecule has 1 atom stereocenters. The van der Waals surface area contributed by atoms with Gasteiger partial charge in [0.15, 0.2) is 18.9 Å². The molecule has 28 heavy (non-hydrogen) atoms. The van der Waals surface area contributed by atoms with Crippen molar-refractivity contribution in [2.24, 2.45) is 0 Å². The van der Waals surface area contributed by atoms with E-state index in [1.807, 2.05) is 38.1 Å². The Labute approximate surface area is 165 Å². The monoisotopic (exact) mass is 382 g/mol. The second kappa shape index (κ2) is 10.4. The molecule has 1 unspecified atom stereocenters. The maximum atomic E-state index is 12.4. The summed E-state index contributed by atoms with van der Waals surface area (Å²) in [7, 11) is 0. The zero-order chi connectivity index (χ0) is 20.5. The van der Waals surface area contributed by atoms with Crippen molar-refractivity contribution in [3.63, 3.8) is 0 Å². The number of hydrogen-bond donors (Lipinski definition) is 3. The molecule has 0 saturated heterocycles. The molecule has 0 heterocycles. The first-order valence-electron chi connectivity index (χ1n) is 9.49. The van der Waals surface area contributed by atoms with Crippen LogP contribution in [-0.4, -0.2) is 37.2 Å². The first-order chi connectivity index (χ1) is 13.4. The number of rotatable bonds is 9. The fourth-order valence-corrected chi connectivity index (χ4v) is 2.95. The van der Waals surface area contributed by atoms with Gasteiger partial charge in [-0.3, -0.25) is 14.4 Å². The van der Waals surface area contributed by atoms with Crippen molar-refractivity contribution < 1.29 is 19.3 Å². The van der Waals surface area contributed by atoms with Gasteiger partial charge < -0.3 is 15.5 Å². The second-order valence-electron chi connectivity index (χ2n) is 6.90. The molecule has 2 rings (SSSR count). The number of aryl methyl sites for hydroxylation is 1. The van der Waals surface area contributed by atoms with Crippen LogP contribution in [0.2, 0.25) is 0 Å². The third-order valence-corrected chi connectivity index (χ3v) is 4.42. The molecule has 2 amide bonds. The van der Waals surface area contributed by atoms with E-state index < -0.39 is 0 Å². The van der Waals surface area contributed by atoms with Crippen molar-refractivity contribution in [1.29, 1.82) is 0 Å². The van der Waals surface area contributed by atoms with E-state index in [2.05, 4.69) is 10.6 Å². The molecule has 2 aromatic rings. The van der Waals surface area contributed by atoms with Gasteiger partial charge in [0, 0.05) is 16.9 Å². The number of ketones is 1. The van der Waals surface area contributed by atoms with E-state index in [1.54, 1.807) is 24.3 Å². The fraction of sp³-hybridized carbons (Fsp3) is 0.318. The Hall–Kier alpha value is -2.99. The summed E-state index contributed by atoms with van der Waals surface area (Å²) in [4.78, 5) is 37.0. The van der Waals surface area contributed by atoms with E-state index in [-0.39, 0.29) is 30.7 Å². The first-order valence-corrected chi connectivity index (χ1v) is 9.49. The Balaban J connectivity index is 1.91. The van der Waals surface area contributed by atoms with Gasteiger partial charge in [0.1, 0.15) is 0 Å². The Morgan fingerprint density at radius 2 is 1.50 bits per heavy atom. The van der Waals surface area contributed by atoms with E-state index in [4.69, 9.17) is 0 Å². The van der Waals surface area contributed by atoms with E-state index >= 15 is 0 Å². The average Bonchev–Trinajstić information content (AvgIpc) is 2.64. The first kappa shape index (κ1) is 21.3. The Kier molecular flexibility index (Phi) is 7.89. The van der Waals surface area contributed by atoms with E-state index in [1.165, 1.54) is 6.92 Å². The largest absolute Gasteiger partial charge is 0.321 e. The van der Waals surface area contributed by atoms with Crippen LogP contribution in [0, 0.1) is 6.92 Å². The van der Waals surface area contributed by atoms with Gasteiger partial charge in [-0.1, -0.05) is 25.1 Å². The maximum absolute atomic E-state index is 12.4. The molecule has 0 radical (unpaired) electrons. The van der Waals surface area contributed by atoms with Gasteiger partial charge in [-0.2, -0.15) is 0 Å². The number of benzene rings is 2. The van der Waals surface area contributed by atoms with Crippen molar-refractivity contribution in [3.8, 4) is 0 Å². The third kappa shape index (κ3) is 6.63. The summed E-state index contributed by atoms with van der Waals surface area (Å²) in [6.45, 7) is 6.61. The van der Waals surface area contributed by atoms with E-state index in [9.17, 15) is 14.4 Å². The van der Waals surface area contributed by atoms with Gasteiger partial charge in [0.05, 0.1) is 6.54 Å². The number of Topliss-reactive ketones (excluding diaryl/α,β-unsaturated/α-hetero) is 1. The third-order valence-electron chi connectivity index (χ3n) is 4.42. The molecular weight excluding hydrogens is 354 g/mol. The minimum Gasteiger partial charge on any atom is -0.321 e. The van der Waals surface area contributed by atoms with Crippen molar-refractivity contribution in [2.45, 2.75) is 27.2 Å². The normalized spacial score (nSPS) is 11.5. The van der Waals surface area contributed by atoms with Gasteiger partial charge in [0.25, 0.3) is 11.8 Å². The smallest absolute Gasteiger partial charge is 0.279 e. The second-order valence-corrected chi connectivity index (χ2v) is 6.90. The summed E-state index contributed by atoms with van der Waals surface area (Å²) in [5, 5.41) is 5.74. The molecular formula is C22H28N3O3+. The highest BCUT2D eigenvalue weighted by atomic mass is 16.2. The Bertz CT molecular complexity index is 831. The van der Waals surface area contributed by atoms with Gasteiger partial charge in [0.2, 0.25) is 0 Å². The van der Waals surface area contributed by atoms with Crippen molar-refractivity contribution in [3.05, 3.63) is 59.7 Å². The average molecular weight is 382 g/mol. The lowest BCUT2D eigenvalue weighted by Gasteiger charge is -2.18. The molecule has 0 aliphatic rings. The molecule has 148 valence electrons. The number of carbonyl (C=O) groups excluding carboxylic acids is 3. The summed E-state index contributed by atoms with van der Waals surface area (Å²) in [6.07, 6.45) is 0.869. The highest BCUT2D eigenvalue weighted by molar-refractivity contribution is 5.96. The molecule has 0 aliphatic heterocycles. The van der Waals surface area contributed by atoms with Gasteiger partial charge in [-0.15, -0.1) is 0 Å². The standard InChI is InChI=1S/C22H27N3O3/c1-4-13-25(15-22(28)24-20-8-6-5-7-16(20)2)14-21(27)23-19-11-9-18(10-12-19)17(3)26/h5-12H,4,13-15H2,1-3H3,(H,23,27)(H,24,28)/p+1. The predicted molar refractivity (Wildman–Crippen MR) is 111 cm³/mol. The van der Waals surface area contributed by atoms with Crippen LogP contribution < -0.4 is 15.5 Å². The summed E-state index contributed by atoms with van der Waals surface area (Å²) in [5.74, 6) is -0.296. The number of carbonyl (C=O) groups is 3. The van der Waals surface area contributed by atoms with Crippen LogP contribution in [0.25, 0.3) is 0 Å². The van der Waals surface area contributed by atoms with E-state index in [0.29, 0.717) is 11.3 Å². The van der Waals surface area contributed by atoms with Crippen molar-refractivity contribution >= 4 is 29.0 Å². The number of nitrogens with one attached hydrogen (secondary N) is 3. The summed E-state index contributed by atoms with van der Waals surface area (Å²) in [6, 6.07) is 14.4. The fourth-order valence-electron chi connectivity index (χ4n) is 2.95. The van der Waals surface area contributed by atoms with Crippen molar-refractivity contribution in [1.82, 2.24) is 0 Å². The minimum absolute atomic E-state index is 0.0175. The molecule has 0 fully saturated rings. The molecule has 0 bridgehead atoms. The lowest BCUT2D eigenvalue weighted by molar-refractivity contribution is -0.883. The summed E-state index contributed by atoms with van der Waals surface area (Å²) < 4.78 is 0. The summed E-state index contributed by atoms with van der Waals surface area (Å²) in [5.41, 5.74) is 3.03. The molecule has 3 N–H and O–H groups in total. The Morgan fingerprint density at radius 3 is 2.07 bits per heavy atom. The highest BCUT2D eigenvalue weighted by Crippen LogP contribution is 2.12. The molecule has 0 saturated carbocycles. The summed E-state index contributed by atoms with van der Waals surface area (Å²) >= 11 is 0. The van der Waals surface area contributed by atoms with Crippen LogP contribution in [0.5, 0.6) is 0 Å². The van der Waals surface area contributed by atoms with Gasteiger partial charge in [-0.25, -0.2) is 0 Å². The van der Waals surface area contributed by atoms with Crippen molar-refractivity contribution in [2.75, 3.05) is 30.3 Å². The topological polar surface area (TPSA) is 79.7 Å². The quantitative estimate of drug-likeness (QED) is 0.581. The lowest BCUT2D eigenvalue weighted by Crippen LogP contribution is -3.14. The van der Waals surface area contributed by atoms with Crippen LogP contribution in [-0.2, 0) is 9.59 Å². The van der Waals surface area contributed by atoms with Crippen LogP contribution >= 0.6 is 0 Å². The maximum Gasteiger partial charge on any atom is 0.279 e. The van der Waals surface area contributed by atoms with Crippen LogP contribution in [0.15, 0.2) is 48.5 Å². The Morgan fingerprint density at radius 1 is 0.893 bits per heavy atom. The highest BCUT2D eigenvalue weighted by Gasteiger charge is 2.18.